The third-order valence-electron chi connectivity index (χ3n) is 5.84. The predicted molar refractivity (Wildman–Crippen MR) is 121 cm³/mol. The molecule has 0 saturated carbocycles. The Balaban J connectivity index is 1.51. The number of nitrogens with one attached hydrogen (secondary N) is 1. The van der Waals surface area contributed by atoms with Gasteiger partial charge in [-0.15, -0.1) is 0 Å². The van der Waals surface area contributed by atoms with Crippen LogP contribution in [0.2, 0.25) is 0 Å². The van der Waals surface area contributed by atoms with E-state index in [0.29, 0.717) is 29.1 Å². The minimum Gasteiger partial charge on any atom is -0.344 e. The maximum Gasteiger partial charge on any atom is 0.268 e. The molecule has 0 spiro atoms. The Morgan fingerprint density at radius 1 is 0.935 bits per heavy atom. The average molecular weight is 431 g/mol. The number of amides is 1. The summed E-state index contributed by atoms with van der Waals surface area (Å²) in [6.45, 7) is 0.576. The molecule has 1 N–H and O–H groups in total. The van der Waals surface area contributed by atoms with Gasteiger partial charge in [-0.1, -0.05) is 66.7 Å². The highest BCUT2D eigenvalue weighted by Gasteiger charge is 2.31. The van der Waals surface area contributed by atoms with Crippen LogP contribution in [0.15, 0.2) is 89.8 Å². The van der Waals surface area contributed by atoms with E-state index in [9.17, 15) is 13.2 Å². The topological polar surface area (TPSA) is 68.2 Å². The molecule has 0 fully saturated rings. The van der Waals surface area contributed by atoms with Crippen LogP contribution >= 0.6 is 0 Å². The quantitative estimate of drug-likeness (QED) is 0.524. The minimum absolute atomic E-state index is 0.0297. The Labute approximate surface area is 181 Å². The Morgan fingerprint density at radius 2 is 1.65 bits per heavy atom. The number of sulfone groups is 1. The van der Waals surface area contributed by atoms with Crippen LogP contribution < -0.4 is 5.32 Å². The van der Waals surface area contributed by atoms with Crippen molar-refractivity contribution < 1.29 is 13.2 Å². The van der Waals surface area contributed by atoms with E-state index >= 15 is 0 Å². The molecule has 3 aromatic carbocycles. The number of benzene rings is 3. The van der Waals surface area contributed by atoms with E-state index < -0.39 is 9.84 Å². The molecule has 4 aromatic rings. The van der Waals surface area contributed by atoms with Crippen molar-refractivity contribution in [3.8, 4) is 0 Å². The lowest BCUT2D eigenvalue weighted by Gasteiger charge is -2.26. The molecule has 0 radical (unpaired) electrons. The molecule has 5 rings (SSSR count). The fourth-order valence-electron chi connectivity index (χ4n) is 4.31. The molecule has 1 unspecified atom stereocenters. The van der Waals surface area contributed by atoms with Gasteiger partial charge in [0, 0.05) is 17.4 Å². The highest BCUT2D eigenvalue weighted by atomic mass is 32.2. The number of hydrogen-bond acceptors (Lipinski definition) is 3. The van der Waals surface area contributed by atoms with E-state index in [1.165, 1.54) is 0 Å². The molecular formula is C25H22N2O3S. The number of carbonyl (C=O) groups excluding carboxylic acids is 1. The highest BCUT2D eigenvalue weighted by Crippen LogP contribution is 2.32. The number of aromatic nitrogens is 1. The lowest BCUT2D eigenvalue weighted by Crippen LogP contribution is -2.34. The van der Waals surface area contributed by atoms with Gasteiger partial charge in [0.05, 0.1) is 16.7 Å². The van der Waals surface area contributed by atoms with Crippen LogP contribution in [0, 0.1) is 0 Å². The van der Waals surface area contributed by atoms with E-state index in [1.54, 1.807) is 18.2 Å². The second-order valence-corrected chi connectivity index (χ2v) is 9.91. The number of rotatable bonds is 4. The van der Waals surface area contributed by atoms with Crippen molar-refractivity contribution in [3.63, 3.8) is 0 Å². The molecule has 0 aliphatic carbocycles. The maximum absolute atomic E-state index is 13.4. The summed E-state index contributed by atoms with van der Waals surface area (Å²) in [7, 11) is -3.30. The van der Waals surface area contributed by atoms with Crippen LogP contribution in [0.5, 0.6) is 0 Å². The molecule has 1 atom stereocenters. The Morgan fingerprint density at radius 3 is 2.48 bits per heavy atom. The van der Waals surface area contributed by atoms with Crippen LogP contribution in [0.4, 0.5) is 0 Å². The Kier molecular flexibility index (Phi) is 4.87. The molecule has 1 aliphatic rings. The second kappa shape index (κ2) is 7.71. The monoisotopic (exact) mass is 430 g/mol. The summed E-state index contributed by atoms with van der Waals surface area (Å²) in [4.78, 5) is 13.7. The van der Waals surface area contributed by atoms with Crippen LogP contribution in [0.3, 0.4) is 0 Å². The Hall–Kier alpha value is -3.38. The summed E-state index contributed by atoms with van der Waals surface area (Å²) < 4.78 is 26.9. The summed E-state index contributed by atoms with van der Waals surface area (Å²) in [5.74, 6) is -0.173. The number of nitrogens with zero attached hydrogens (tertiary/aromatic N) is 1. The first-order valence-electron chi connectivity index (χ1n) is 10.3. The van der Waals surface area contributed by atoms with Crippen LogP contribution in [0.25, 0.3) is 10.9 Å². The summed E-state index contributed by atoms with van der Waals surface area (Å²) in [5.41, 5.74) is 3.32. The number of carbonyl (C=O) groups is 1. The van der Waals surface area contributed by atoms with E-state index in [4.69, 9.17) is 0 Å². The van der Waals surface area contributed by atoms with Crippen molar-refractivity contribution in [1.82, 2.24) is 9.88 Å². The molecule has 156 valence electrons. The average Bonchev–Trinajstić information content (AvgIpc) is 3.15. The fraction of sp³-hybridized carbons (Fsp3) is 0.160. The van der Waals surface area contributed by atoms with Crippen LogP contribution in [-0.4, -0.2) is 24.6 Å². The van der Waals surface area contributed by atoms with Gasteiger partial charge in [-0.25, -0.2) is 8.42 Å². The largest absolute Gasteiger partial charge is 0.344 e. The highest BCUT2D eigenvalue weighted by molar-refractivity contribution is 7.91. The molecule has 1 aliphatic heterocycles. The number of hydrogen-bond donors (Lipinski definition) is 1. The maximum atomic E-state index is 13.4. The third kappa shape index (κ3) is 3.64. The van der Waals surface area contributed by atoms with Crippen molar-refractivity contribution in [1.29, 1.82) is 0 Å². The minimum atomic E-state index is -3.30. The zero-order chi connectivity index (χ0) is 21.4. The van der Waals surface area contributed by atoms with Gasteiger partial charge < -0.3 is 9.88 Å². The first-order chi connectivity index (χ1) is 15.0. The SMILES string of the molecule is O=C(NC1CCS(=O)(=O)c2ccccc21)c1cc2ccccc2n1Cc1ccccc1. The standard InChI is InChI=1S/C25H22N2O3S/c28-25(26-21-14-15-31(29,30)24-13-7-5-11-20(21)24)23-16-19-10-4-6-12-22(19)27(23)17-18-8-2-1-3-9-18/h1-13,16,21H,14-15,17H2,(H,26,28). The molecule has 0 bridgehead atoms. The smallest absolute Gasteiger partial charge is 0.268 e. The Bertz CT molecular complexity index is 1370. The van der Waals surface area contributed by atoms with Gasteiger partial charge in [0.2, 0.25) is 0 Å². The van der Waals surface area contributed by atoms with E-state index in [0.717, 1.165) is 16.5 Å². The predicted octanol–water partition coefficient (Wildman–Crippen LogP) is 4.34. The van der Waals surface area contributed by atoms with Gasteiger partial charge in [0.25, 0.3) is 5.91 Å². The van der Waals surface area contributed by atoms with Crippen molar-refractivity contribution in [2.45, 2.75) is 23.9 Å². The zero-order valence-corrected chi connectivity index (χ0v) is 17.7. The fourth-order valence-corrected chi connectivity index (χ4v) is 5.93. The van der Waals surface area contributed by atoms with Crippen molar-refractivity contribution >= 4 is 26.6 Å². The van der Waals surface area contributed by atoms with E-state index in [-0.39, 0.29) is 17.7 Å². The summed E-state index contributed by atoms with van der Waals surface area (Å²) in [6.07, 6.45) is 0.365. The van der Waals surface area contributed by atoms with Gasteiger partial charge in [0.1, 0.15) is 5.69 Å². The van der Waals surface area contributed by atoms with Gasteiger partial charge >= 0.3 is 0 Å². The molecule has 5 nitrogen and oxygen atoms in total. The van der Waals surface area contributed by atoms with Gasteiger partial charge in [-0.05, 0) is 35.7 Å². The second-order valence-electron chi connectivity index (χ2n) is 7.83. The summed E-state index contributed by atoms with van der Waals surface area (Å²) in [5, 5.41) is 4.09. The van der Waals surface area contributed by atoms with Gasteiger partial charge in [-0.3, -0.25) is 4.79 Å². The number of para-hydroxylation sites is 1. The van der Waals surface area contributed by atoms with Crippen molar-refractivity contribution in [3.05, 3.63) is 102 Å². The molecule has 2 heterocycles. The molecule has 31 heavy (non-hydrogen) atoms. The van der Waals surface area contributed by atoms with Crippen LogP contribution in [0.1, 0.15) is 34.1 Å². The number of fused-ring (bicyclic) bond motifs is 2. The van der Waals surface area contributed by atoms with Crippen LogP contribution in [-0.2, 0) is 16.4 Å². The van der Waals surface area contributed by atoms with E-state index in [1.807, 2.05) is 71.3 Å². The molecular weight excluding hydrogens is 408 g/mol. The normalized spacial score (nSPS) is 17.2. The summed E-state index contributed by atoms with van der Waals surface area (Å²) >= 11 is 0. The molecule has 0 saturated heterocycles. The first-order valence-corrected chi connectivity index (χ1v) is 11.9. The lowest BCUT2D eigenvalue weighted by atomic mass is 10.0. The molecule has 6 heteroatoms. The van der Waals surface area contributed by atoms with Gasteiger partial charge in [0.15, 0.2) is 9.84 Å². The first kappa shape index (κ1) is 19.6. The summed E-state index contributed by atoms with van der Waals surface area (Å²) in [6, 6.07) is 26.5. The third-order valence-corrected chi connectivity index (χ3v) is 7.65. The van der Waals surface area contributed by atoms with Crippen molar-refractivity contribution in [2.24, 2.45) is 0 Å². The van der Waals surface area contributed by atoms with Crippen molar-refractivity contribution in [2.75, 3.05) is 5.75 Å². The molecule has 1 aromatic heterocycles. The van der Waals surface area contributed by atoms with E-state index in [2.05, 4.69) is 5.32 Å². The zero-order valence-electron chi connectivity index (χ0n) is 16.9. The lowest BCUT2D eigenvalue weighted by molar-refractivity contribution is 0.0926. The molecule has 1 amide bonds. The van der Waals surface area contributed by atoms with Gasteiger partial charge in [-0.2, -0.15) is 0 Å².